The Bertz CT molecular complexity index is 554. The number of hydrogen-bond acceptors (Lipinski definition) is 3. The second-order valence-corrected chi connectivity index (χ2v) is 4.78. The largest absolute Gasteiger partial charge is 0.484 e. The molecule has 0 saturated carbocycles. The lowest BCUT2D eigenvalue weighted by Gasteiger charge is -2.08. The Morgan fingerprint density at radius 3 is 2.56 bits per heavy atom. The molecule has 96 valence electrons. The number of ether oxygens (including phenoxy) is 1. The van der Waals surface area contributed by atoms with E-state index >= 15 is 0 Å². The standard InChI is InChI=1S/C12H10Cl3NO2/c13-8-3-10(15)11(4-9(8)14)18-6-12-7(5-16)1-2-17-12/h1-4H,5-6,16H2. The zero-order valence-electron chi connectivity index (χ0n) is 9.25. The normalized spacial score (nSPS) is 10.7. The zero-order chi connectivity index (χ0) is 13.1. The molecule has 6 heteroatoms. The first-order chi connectivity index (χ1) is 8.61. The smallest absolute Gasteiger partial charge is 0.146 e. The SMILES string of the molecule is NCc1ccoc1COc1cc(Cl)c(Cl)cc1Cl. The van der Waals surface area contributed by atoms with Crippen LogP contribution in [0.3, 0.4) is 0 Å². The van der Waals surface area contributed by atoms with Crippen LogP contribution in [-0.4, -0.2) is 0 Å². The first-order valence-electron chi connectivity index (χ1n) is 5.14. The Morgan fingerprint density at radius 1 is 1.11 bits per heavy atom. The van der Waals surface area contributed by atoms with E-state index in [1.54, 1.807) is 18.4 Å². The summed E-state index contributed by atoms with van der Waals surface area (Å²) in [6.45, 7) is 0.627. The van der Waals surface area contributed by atoms with Crippen molar-refractivity contribution in [1.82, 2.24) is 0 Å². The van der Waals surface area contributed by atoms with E-state index in [1.807, 2.05) is 0 Å². The van der Waals surface area contributed by atoms with E-state index < -0.39 is 0 Å². The van der Waals surface area contributed by atoms with Gasteiger partial charge in [0.05, 0.1) is 21.3 Å². The maximum atomic E-state index is 5.99. The molecule has 0 amide bonds. The molecule has 0 bridgehead atoms. The van der Waals surface area contributed by atoms with E-state index in [9.17, 15) is 0 Å². The molecular formula is C12H10Cl3NO2. The van der Waals surface area contributed by atoms with Gasteiger partial charge < -0.3 is 14.9 Å². The maximum absolute atomic E-state index is 5.99. The number of hydrogen-bond donors (Lipinski definition) is 1. The number of rotatable bonds is 4. The van der Waals surface area contributed by atoms with Gasteiger partial charge >= 0.3 is 0 Å². The molecule has 1 aromatic carbocycles. The lowest BCUT2D eigenvalue weighted by atomic mass is 10.2. The summed E-state index contributed by atoms with van der Waals surface area (Å²) in [6, 6.07) is 4.90. The summed E-state index contributed by atoms with van der Waals surface area (Å²) >= 11 is 17.7. The van der Waals surface area contributed by atoms with Gasteiger partial charge in [-0.2, -0.15) is 0 Å². The van der Waals surface area contributed by atoms with Gasteiger partial charge in [0.15, 0.2) is 0 Å². The van der Waals surface area contributed by atoms with Gasteiger partial charge in [-0.25, -0.2) is 0 Å². The molecule has 0 fully saturated rings. The molecule has 0 aliphatic rings. The van der Waals surface area contributed by atoms with Crippen molar-refractivity contribution in [3.8, 4) is 5.75 Å². The summed E-state index contributed by atoms with van der Waals surface area (Å²) in [5.41, 5.74) is 6.45. The van der Waals surface area contributed by atoms with Gasteiger partial charge in [-0.05, 0) is 12.1 Å². The summed E-state index contributed by atoms with van der Waals surface area (Å²) in [5.74, 6) is 1.12. The van der Waals surface area contributed by atoms with Crippen LogP contribution in [0.25, 0.3) is 0 Å². The van der Waals surface area contributed by atoms with Gasteiger partial charge in [0, 0.05) is 18.2 Å². The highest BCUT2D eigenvalue weighted by Crippen LogP contribution is 2.34. The number of halogens is 3. The van der Waals surface area contributed by atoms with Crippen molar-refractivity contribution in [2.24, 2.45) is 5.73 Å². The van der Waals surface area contributed by atoms with Crippen molar-refractivity contribution >= 4 is 34.8 Å². The summed E-state index contributed by atoms with van der Waals surface area (Å²) < 4.78 is 10.8. The van der Waals surface area contributed by atoms with E-state index in [0.717, 1.165) is 5.56 Å². The first kappa shape index (κ1) is 13.6. The highest BCUT2D eigenvalue weighted by atomic mass is 35.5. The molecule has 3 nitrogen and oxygen atoms in total. The third-order valence-corrected chi connectivity index (χ3v) is 3.41. The quantitative estimate of drug-likeness (QED) is 0.858. The molecule has 0 unspecified atom stereocenters. The molecule has 1 heterocycles. The van der Waals surface area contributed by atoms with Crippen LogP contribution in [0.4, 0.5) is 0 Å². The highest BCUT2D eigenvalue weighted by Gasteiger charge is 2.10. The average molecular weight is 307 g/mol. The third kappa shape index (κ3) is 2.93. The van der Waals surface area contributed by atoms with Gasteiger partial charge in [-0.1, -0.05) is 34.8 Å². The van der Waals surface area contributed by atoms with E-state index in [1.165, 1.54) is 6.07 Å². The van der Waals surface area contributed by atoms with Crippen LogP contribution in [0, 0.1) is 0 Å². The predicted molar refractivity (Wildman–Crippen MR) is 72.4 cm³/mol. The van der Waals surface area contributed by atoms with Crippen molar-refractivity contribution in [2.75, 3.05) is 0 Å². The molecule has 2 rings (SSSR count). The third-order valence-electron chi connectivity index (χ3n) is 2.39. The van der Waals surface area contributed by atoms with Crippen LogP contribution in [0.5, 0.6) is 5.75 Å². The highest BCUT2D eigenvalue weighted by molar-refractivity contribution is 6.43. The van der Waals surface area contributed by atoms with Crippen LogP contribution >= 0.6 is 34.8 Å². The van der Waals surface area contributed by atoms with Crippen molar-refractivity contribution < 1.29 is 9.15 Å². The molecule has 0 radical (unpaired) electrons. The van der Waals surface area contributed by atoms with Gasteiger partial charge in [0.25, 0.3) is 0 Å². The minimum absolute atomic E-state index is 0.233. The Balaban J connectivity index is 2.13. The van der Waals surface area contributed by atoms with Crippen LogP contribution in [-0.2, 0) is 13.2 Å². The van der Waals surface area contributed by atoms with Crippen LogP contribution < -0.4 is 10.5 Å². The lowest BCUT2D eigenvalue weighted by Crippen LogP contribution is -2.02. The molecule has 0 saturated heterocycles. The Kier molecular flexibility index (Phi) is 4.40. The molecule has 1 aromatic heterocycles. The summed E-state index contributed by atoms with van der Waals surface area (Å²) in [4.78, 5) is 0. The Labute approximate surface area is 119 Å². The van der Waals surface area contributed by atoms with Crippen molar-refractivity contribution in [2.45, 2.75) is 13.2 Å². The van der Waals surface area contributed by atoms with Crippen molar-refractivity contribution in [3.63, 3.8) is 0 Å². The van der Waals surface area contributed by atoms with Crippen molar-refractivity contribution in [1.29, 1.82) is 0 Å². The zero-order valence-corrected chi connectivity index (χ0v) is 11.5. The Morgan fingerprint density at radius 2 is 1.83 bits per heavy atom. The molecule has 18 heavy (non-hydrogen) atoms. The van der Waals surface area contributed by atoms with Crippen LogP contribution in [0.2, 0.25) is 15.1 Å². The summed E-state index contributed by atoms with van der Waals surface area (Å²) in [5, 5.41) is 1.16. The molecule has 0 aliphatic heterocycles. The topological polar surface area (TPSA) is 48.4 Å². The molecule has 0 atom stereocenters. The number of benzene rings is 1. The minimum atomic E-state index is 0.233. The fourth-order valence-corrected chi connectivity index (χ4v) is 2.03. The van der Waals surface area contributed by atoms with E-state index in [-0.39, 0.29) is 6.61 Å². The Hall–Kier alpha value is -0.870. The minimum Gasteiger partial charge on any atom is -0.484 e. The average Bonchev–Trinajstić information content (AvgIpc) is 2.79. The fourth-order valence-electron chi connectivity index (χ4n) is 1.43. The van der Waals surface area contributed by atoms with Gasteiger partial charge in [-0.3, -0.25) is 0 Å². The molecule has 2 aromatic rings. The molecule has 0 aliphatic carbocycles. The molecule has 2 N–H and O–H groups in total. The van der Waals surface area contributed by atoms with Crippen LogP contribution in [0.1, 0.15) is 11.3 Å². The van der Waals surface area contributed by atoms with Gasteiger partial charge in [0.1, 0.15) is 18.1 Å². The first-order valence-corrected chi connectivity index (χ1v) is 6.28. The fraction of sp³-hybridized carbons (Fsp3) is 0.167. The second kappa shape index (κ2) is 5.85. The lowest BCUT2D eigenvalue weighted by molar-refractivity contribution is 0.268. The predicted octanol–water partition coefficient (Wildman–Crippen LogP) is 4.28. The van der Waals surface area contributed by atoms with E-state index in [0.29, 0.717) is 33.1 Å². The van der Waals surface area contributed by atoms with E-state index in [4.69, 9.17) is 49.7 Å². The summed E-state index contributed by atoms with van der Waals surface area (Å²) in [6.07, 6.45) is 1.57. The maximum Gasteiger partial charge on any atom is 0.146 e. The summed E-state index contributed by atoms with van der Waals surface area (Å²) in [7, 11) is 0. The van der Waals surface area contributed by atoms with Crippen molar-refractivity contribution in [3.05, 3.63) is 50.9 Å². The molecular weight excluding hydrogens is 296 g/mol. The number of furan rings is 1. The van der Waals surface area contributed by atoms with Gasteiger partial charge in [0.2, 0.25) is 0 Å². The monoisotopic (exact) mass is 305 g/mol. The van der Waals surface area contributed by atoms with E-state index in [2.05, 4.69) is 0 Å². The molecule has 0 spiro atoms. The van der Waals surface area contributed by atoms with Gasteiger partial charge in [-0.15, -0.1) is 0 Å². The number of nitrogens with two attached hydrogens (primary N) is 1. The van der Waals surface area contributed by atoms with Crippen LogP contribution in [0.15, 0.2) is 28.9 Å². The second-order valence-electron chi connectivity index (χ2n) is 3.56.